The maximum Gasteiger partial charge on any atom is 0.234 e. The summed E-state index contributed by atoms with van der Waals surface area (Å²) in [6, 6.07) is 20.0. The van der Waals surface area contributed by atoms with E-state index in [2.05, 4.69) is 18.7 Å². The standard InChI is InChI=1S/C23H21NO2/c1-2-15-24-22(25)20-18(16-9-5-3-6-10-16)13-14-19(21(20)23(24)26)17-11-7-4-8-12-17/h2-14,18-21H,1,15H2/t18-,19+,20+,21-. The number of hydrogen-bond acceptors (Lipinski definition) is 2. The molecule has 1 saturated heterocycles. The SMILES string of the molecule is C=CCN1C(=O)[C@@H]2[C@H](C1=O)[C@H](c1ccccc1)C=C[C@@H]2c1ccccc1. The Balaban J connectivity index is 1.81. The minimum atomic E-state index is -0.361. The van der Waals surface area contributed by atoms with Gasteiger partial charge < -0.3 is 0 Å². The van der Waals surface area contributed by atoms with Crippen LogP contribution in [0.25, 0.3) is 0 Å². The fourth-order valence-electron chi connectivity index (χ4n) is 4.30. The quantitative estimate of drug-likeness (QED) is 0.623. The number of fused-ring (bicyclic) bond motifs is 1. The molecular weight excluding hydrogens is 322 g/mol. The van der Waals surface area contributed by atoms with Gasteiger partial charge in [-0.3, -0.25) is 14.5 Å². The number of carbonyl (C=O) groups excluding carboxylic acids is 2. The minimum Gasteiger partial charge on any atom is -0.278 e. The molecule has 1 aliphatic carbocycles. The van der Waals surface area contributed by atoms with Crippen LogP contribution in [0.3, 0.4) is 0 Å². The van der Waals surface area contributed by atoms with E-state index in [-0.39, 0.29) is 42.0 Å². The van der Waals surface area contributed by atoms with Crippen LogP contribution >= 0.6 is 0 Å². The smallest absolute Gasteiger partial charge is 0.234 e. The molecule has 4 atom stereocenters. The number of amides is 2. The monoisotopic (exact) mass is 343 g/mol. The topological polar surface area (TPSA) is 37.4 Å². The number of carbonyl (C=O) groups is 2. The largest absolute Gasteiger partial charge is 0.278 e. The van der Waals surface area contributed by atoms with Crippen LogP contribution in [0.1, 0.15) is 23.0 Å². The molecule has 1 heterocycles. The maximum absolute atomic E-state index is 13.1. The zero-order chi connectivity index (χ0) is 18.1. The van der Waals surface area contributed by atoms with Gasteiger partial charge in [-0.05, 0) is 11.1 Å². The Bertz CT molecular complexity index is 789. The summed E-state index contributed by atoms with van der Waals surface area (Å²) in [6.07, 6.45) is 5.84. The molecular formula is C23H21NO2. The fourth-order valence-corrected chi connectivity index (χ4v) is 4.30. The number of hydrogen-bond donors (Lipinski definition) is 0. The Labute approximate surface area is 153 Å². The van der Waals surface area contributed by atoms with Crippen molar-refractivity contribution in [1.29, 1.82) is 0 Å². The summed E-state index contributed by atoms with van der Waals surface area (Å²) in [5.41, 5.74) is 2.15. The first kappa shape index (κ1) is 16.5. The summed E-state index contributed by atoms with van der Waals surface area (Å²) in [4.78, 5) is 27.6. The van der Waals surface area contributed by atoms with Crippen LogP contribution < -0.4 is 0 Å². The normalized spacial score (nSPS) is 27.5. The average molecular weight is 343 g/mol. The van der Waals surface area contributed by atoms with Crippen molar-refractivity contribution in [3.63, 3.8) is 0 Å². The van der Waals surface area contributed by atoms with E-state index < -0.39 is 0 Å². The molecule has 0 unspecified atom stereocenters. The van der Waals surface area contributed by atoms with Crippen molar-refractivity contribution in [3.8, 4) is 0 Å². The molecule has 0 N–H and O–H groups in total. The van der Waals surface area contributed by atoms with Crippen LogP contribution in [0.15, 0.2) is 85.5 Å². The van der Waals surface area contributed by atoms with Gasteiger partial charge in [-0.25, -0.2) is 0 Å². The molecule has 2 amide bonds. The lowest BCUT2D eigenvalue weighted by atomic mass is 9.68. The van der Waals surface area contributed by atoms with Gasteiger partial charge in [0, 0.05) is 18.4 Å². The number of nitrogens with zero attached hydrogens (tertiary/aromatic N) is 1. The van der Waals surface area contributed by atoms with E-state index >= 15 is 0 Å². The Morgan fingerprint density at radius 2 is 1.19 bits per heavy atom. The Morgan fingerprint density at radius 1 is 0.769 bits per heavy atom. The molecule has 2 aromatic carbocycles. The van der Waals surface area contributed by atoms with Gasteiger partial charge in [0.15, 0.2) is 0 Å². The van der Waals surface area contributed by atoms with Gasteiger partial charge in [-0.15, -0.1) is 6.58 Å². The highest BCUT2D eigenvalue weighted by Gasteiger charge is 2.54. The predicted molar refractivity (Wildman–Crippen MR) is 101 cm³/mol. The second kappa shape index (κ2) is 6.75. The Morgan fingerprint density at radius 3 is 1.58 bits per heavy atom. The summed E-state index contributed by atoms with van der Waals surface area (Å²) < 4.78 is 0. The minimum absolute atomic E-state index is 0.0765. The van der Waals surface area contributed by atoms with Crippen molar-refractivity contribution in [2.24, 2.45) is 11.8 Å². The van der Waals surface area contributed by atoms with Gasteiger partial charge in [-0.2, -0.15) is 0 Å². The van der Waals surface area contributed by atoms with Gasteiger partial charge in [0.2, 0.25) is 11.8 Å². The van der Waals surface area contributed by atoms with E-state index in [9.17, 15) is 9.59 Å². The predicted octanol–water partition coefficient (Wildman–Crippen LogP) is 3.91. The molecule has 0 saturated carbocycles. The van der Waals surface area contributed by atoms with Crippen LogP contribution in [0.5, 0.6) is 0 Å². The summed E-state index contributed by atoms with van der Waals surface area (Å²) in [7, 11) is 0. The number of benzene rings is 2. The maximum atomic E-state index is 13.1. The van der Waals surface area contributed by atoms with Gasteiger partial charge >= 0.3 is 0 Å². The second-order valence-electron chi connectivity index (χ2n) is 6.89. The number of imide groups is 1. The number of likely N-dealkylation sites (tertiary alicyclic amines) is 1. The lowest BCUT2D eigenvalue weighted by Crippen LogP contribution is -2.31. The first-order valence-corrected chi connectivity index (χ1v) is 8.96. The summed E-state index contributed by atoms with van der Waals surface area (Å²) in [5, 5.41) is 0. The van der Waals surface area contributed by atoms with E-state index in [4.69, 9.17) is 0 Å². The van der Waals surface area contributed by atoms with E-state index in [1.54, 1.807) is 6.08 Å². The van der Waals surface area contributed by atoms with Crippen molar-refractivity contribution in [1.82, 2.24) is 4.90 Å². The van der Waals surface area contributed by atoms with Gasteiger partial charge in [0.05, 0.1) is 11.8 Å². The fraction of sp³-hybridized carbons (Fsp3) is 0.217. The lowest BCUT2D eigenvalue weighted by molar-refractivity contribution is -0.139. The zero-order valence-electron chi connectivity index (χ0n) is 14.5. The molecule has 1 fully saturated rings. The molecule has 2 aliphatic rings. The highest BCUT2D eigenvalue weighted by Crippen LogP contribution is 2.49. The van der Waals surface area contributed by atoms with Gasteiger partial charge in [-0.1, -0.05) is 78.9 Å². The van der Waals surface area contributed by atoms with Crippen molar-refractivity contribution in [3.05, 3.63) is 96.6 Å². The van der Waals surface area contributed by atoms with Crippen LogP contribution in [-0.2, 0) is 9.59 Å². The Hall–Kier alpha value is -2.94. The third-order valence-corrected chi connectivity index (χ3v) is 5.47. The first-order chi connectivity index (χ1) is 12.7. The van der Waals surface area contributed by atoms with E-state index in [0.717, 1.165) is 11.1 Å². The van der Waals surface area contributed by atoms with Gasteiger partial charge in [0.25, 0.3) is 0 Å². The first-order valence-electron chi connectivity index (χ1n) is 8.96. The Kier molecular flexibility index (Phi) is 4.29. The molecule has 130 valence electrons. The highest BCUT2D eigenvalue weighted by molar-refractivity contribution is 6.06. The molecule has 0 aromatic heterocycles. The van der Waals surface area contributed by atoms with Crippen molar-refractivity contribution < 1.29 is 9.59 Å². The van der Waals surface area contributed by atoms with Crippen LogP contribution in [-0.4, -0.2) is 23.3 Å². The third-order valence-electron chi connectivity index (χ3n) is 5.47. The molecule has 3 nitrogen and oxygen atoms in total. The molecule has 2 aromatic rings. The molecule has 0 bridgehead atoms. The zero-order valence-corrected chi connectivity index (χ0v) is 14.5. The van der Waals surface area contributed by atoms with Crippen molar-refractivity contribution in [2.75, 3.05) is 6.54 Å². The van der Waals surface area contributed by atoms with Crippen molar-refractivity contribution in [2.45, 2.75) is 11.8 Å². The van der Waals surface area contributed by atoms with Crippen LogP contribution in [0.2, 0.25) is 0 Å². The van der Waals surface area contributed by atoms with E-state index in [1.807, 2.05) is 60.7 Å². The van der Waals surface area contributed by atoms with Crippen LogP contribution in [0, 0.1) is 11.8 Å². The lowest BCUT2D eigenvalue weighted by Gasteiger charge is -2.32. The summed E-state index contributed by atoms with van der Waals surface area (Å²) in [5.74, 6) is -1.04. The molecule has 3 heteroatoms. The molecule has 0 radical (unpaired) electrons. The number of allylic oxidation sites excluding steroid dienone is 2. The molecule has 1 aliphatic heterocycles. The van der Waals surface area contributed by atoms with Gasteiger partial charge in [0.1, 0.15) is 0 Å². The second-order valence-corrected chi connectivity index (χ2v) is 6.89. The average Bonchev–Trinajstić information content (AvgIpc) is 2.95. The highest BCUT2D eigenvalue weighted by atomic mass is 16.2. The molecule has 26 heavy (non-hydrogen) atoms. The summed E-state index contributed by atoms with van der Waals surface area (Å²) in [6.45, 7) is 3.97. The van der Waals surface area contributed by atoms with E-state index in [1.165, 1.54) is 4.90 Å². The third kappa shape index (κ3) is 2.60. The number of rotatable bonds is 4. The molecule has 4 rings (SSSR count). The van der Waals surface area contributed by atoms with Crippen LogP contribution in [0.4, 0.5) is 0 Å². The van der Waals surface area contributed by atoms with E-state index in [0.29, 0.717) is 0 Å². The van der Waals surface area contributed by atoms with Crippen molar-refractivity contribution >= 4 is 11.8 Å². The molecule has 0 spiro atoms. The summed E-state index contributed by atoms with van der Waals surface area (Å²) >= 11 is 0.